The van der Waals surface area contributed by atoms with Gasteiger partial charge >= 0.3 is 0 Å². The Morgan fingerprint density at radius 2 is 2.00 bits per heavy atom. The molecule has 5 nitrogen and oxygen atoms in total. The molecule has 5 heteroatoms. The monoisotopic (exact) mass is 278 g/mol. The average Bonchev–Trinajstić information content (AvgIpc) is 2.45. The molecule has 110 valence electrons. The number of benzene rings is 1. The fraction of sp³-hybridized carbons (Fsp3) is 0.600. The van der Waals surface area contributed by atoms with Crippen molar-refractivity contribution in [3.05, 3.63) is 33.9 Å². The number of hydrogen-bond donors (Lipinski definition) is 2. The van der Waals surface area contributed by atoms with Crippen molar-refractivity contribution in [3.63, 3.8) is 0 Å². The molecule has 0 amide bonds. The standard InChI is InChI=1S/C15H22N2O3/c1-12-7-13(9-14(8-12)17(19)20)16-10-15(11-18)5-3-2-4-6-15/h7-9,16,18H,2-6,10-11H2,1H3. The van der Waals surface area contributed by atoms with Crippen molar-refractivity contribution in [2.75, 3.05) is 18.5 Å². The molecular formula is C15H22N2O3. The SMILES string of the molecule is Cc1cc(NCC2(CO)CCCCC2)cc([N+](=O)[O-])c1. The van der Waals surface area contributed by atoms with E-state index in [1.54, 1.807) is 12.1 Å². The summed E-state index contributed by atoms with van der Waals surface area (Å²) >= 11 is 0. The van der Waals surface area contributed by atoms with Crippen LogP contribution in [-0.4, -0.2) is 23.2 Å². The molecule has 1 aliphatic rings. The molecule has 0 aliphatic heterocycles. The Kier molecular flexibility index (Phi) is 4.60. The van der Waals surface area contributed by atoms with Crippen molar-refractivity contribution in [1.82, 2.24) is 0 Å². The number of aliphatic hydroxyl groups is 1. The van der Waals surface area contributed by atoms with E-state index in [1.165, 1.54) is 6.42 Å². The van der Waals surface area contributed by atoms with Crippen LogP contribution >= 0.6 is 0 Å². The Hall–Kier alpha value is -1.62. The molecule has 0 saturated heterocycles. The molecule has 2 rings (SSSR count). The minimum Gasteiger partial charge on any atom is -0.396 e. The lowest BCUT2D eigenvalue weighted by atomic mass is 9.74. The van der Waals surface area contributed by atoms with Crippen molar-refractivity contribution in [2.45, 2.75) is 39.0 Å². The van der Waals surface area contributed by atoms with E-state index in [0.29, 0.717) is 6.54 Å². The van der Waals surface area contributed by atoms with Gasteiger partial charge in [0.1, 0.15) is 0 Å². The summed E-state index contributed by atoms with van der Waals surface area (Å²) in [4.78, 5) is 10.5. The highest BCUT2D eigenvalue weighted by Crippen LogP contribution is 2.36. The lowest BCUT2D eigenvalue weighted by molar-refractivity contribution is -0.384. The molecule has 2 N–H and O–H groups in total. The quantitative estimate of drug-likeness (QED) is 0.640. The van der Waals surface area contributed by atoms with Crippen molar-refractivity contribution in [1.29, 1.82) is 0 Å². The molecule has 0 aromatic heterocycles. The number of nitro groups is 1. The zero-order valence-electron chi connectivity index (χ0n) is 11.9. The summed E-state index contributed by atoms with van der Waals surface area (Å²) in [5.74, 6) is 0. The first-order valence-corrected chi connectivity index (χ1v) is 7.15. The van der Waals surface area contributed by atoms with Crippen LogP contribution in [0.25, 0.3) is 0 Å². The van der Waals surface area contributed by atoms with Gasteiger partial charge in [-0.15, -0.1) is 0 Å². The first-order valence-electron chi connectivity index (χ1n) is 7.15. The number of aliphatic hydroxyl groups excluding tert-OH is 1. The van der Waals surface area contributed by atoms with E-state index in [2.05, 4.69) is 5.32 Å². The zero-order valence-corrected chi connectivity index (χ0v) is 11.9. The molecule has 0 radical (unpaired) electrons. The Morgan fingerprint density at radius 3 is 2.60 bits per heavy atom. The maximum absolute atomic E-state index is 10.9. The molecule has 0 bridgehead atoms. The molecular weight excluding hydrogens is 256 g/mol. The van der Waals surface area contributed by atoms with Crippen LogP contribution in [0.5, 0.6) is 0 Å². The molecule has 1 aliphatic carbocycles. The van der Waals surface area contributed by atoms with Crippen molar-refractivity contribution in [3.8, 4) is 0 Å². The van der Waals surface area contributed by atoms with Gasteiger partial charge in [0, 0.05) is 29.8 Å². The third-order valence-electron chi connectivity index (χ3n) is 4.19. The molecule has 0 unspecified atom stereocenters. The van der Waals surface area contributed by atoms with Gasteiger partial charge in [-0.2, -0.15) is 0 Å². The predicted octanol–water partition coefficient (Wildman–Crippen LogP) is 3.26. The predicted molar refractivity (Wildman–Crippen MR) is 78.9 cm³/mol. The molecule has 1 aromatic rings. The number of hydrogen-bond acceptors (Lipinski definition) is 4. The molecule has 20 heavy (non-hydrogen) atoms. The van der Waals surface area contributed by atoms with Crippen LogP contribution in [0.2, 0.25) is 0 Å². The van der Waals surface area contributed by atoms with Crippen LogP contribution in [0.15, 0.2) is 18.2 Å². The van der Waals surface area contributed by atoms with Gasteiger partial charge < -0.3 is 10.4 Å². The minimum absolute atomic E-state index is 0.0726. The Labute approximate surface area is 119 Å². The number of nitrogens with zero attached hydrogens (tertiary/aromatic N) is 1. The molecule has 0 heterocycles. The zero-order chi connectivity index (χ0) is 14.6. The van der Waals surface area contributed by atoms with Crippen LogP contribution in [0, 0.1) is 22.5 Å². The van der Waals surface area contributed by atoms with E-state index < -0.39 is 0 Å². The van der Waals surface area contributed by atoms with Gasteiger partial charge in [-0.05, 0) is 31.4 Å². The molecule has 0 atom stereocenters. The van der Waals surface area contributed by atoms with E-state index in [1.807, 2.05) is 13.0 Å². The molecule has 1 aromatic carbocycles. The third kappa shape index (κ3) is 3.48. The number of aryl methyl sites for hydroxylation is 1. The molecule has 1 saturated carbocycles. The second kappa shape index (κ2) is 6.22. The lowest BCUT2D eigenvalue weighted by Gasteiger charge is -2.36. The topological polar surface area (TPSA) is 75.4 Å². The van der Waals surface area contributed by atoms with Crippen LogP contribution in [0.3, 0.4) is 0 Å². The minimum atomic E-state index is -0.374. The maximum Gasteiger partial charge on any atom is 0.271 e. The fourth-order valence-corrected chi connectivity index (χ4v) is 2.95. The summed E-state index contributed by atoms with van der Waals surface area (Å²) < 4.78 is 0. The average molecular weight is 278 g/mol. The van der Waals surface area contributed by atoms with Gasteiger partial charge in [0.25, 0.3) is 5.69 Å². The third-order valence-corrected chi connectivity index (χ3v) is 4.19. The van der Waals surface area contributed by atoms with E-state index in [9.17, 15) is 15.2 Å². The van der Waals surface area contributed by atoms with E-state index in [0.717, 1.165) is 36.9 Å². The molecule has 0 spiro atoms. The smallest absolute Gasteiger partial charge is 0.271 e. The summed E-state index contributed by atoms with van der Waals surface area (Å²) in [6.45, 7) is 2.69. The first-order chi connectivity index (χ1) is 9.54. The van der Waals surface area contributed by atoms with E-state index in [-0.39, 0.29) is 22.6 Å². The second-order valence-electron chi connectivity index (χ2n) is 5.89. The Balaban J connectivity index is 2.07. The summed E-state index contributed by atoms with van der Waals surface area (Å²) in [6, 6.07) is 5.02. The first kappa shape index (κ1) is 14.8. The van der Waals surface area contributed by atoms with Crippen LogP contribution in [0.4, 0.5) is 11.4 Å². The van der Waals surface area contributed by atoms with Gasteiger partial charge in [0.15, 0.2) is 0 Å². The van der Waals surface area contributed by atoms with Gasteiger partial charge in [-0.1, -0.05) is 19.3 Å². The fourth-order valence-electron chi connectivity index (χ4n) is 2.95. The van der Waals surface area contributed by atoms with E-state index >= 15 is 0 Å². The highest BCUT2D eigenvalue weighted by molar-refractivity contribution is 5.53. The summed E-state index contributed by atoms with van der Waals surface area (Å²) in [5, 5.41) is 23.8. The van der Waals surface area contributed by atoms with Crippen LogP contribution < -0.4 is 5.32 Å². The van der Waals surface area contributed by atoms with E-state index in [4.69, 9.17) is 0 Å². The summed E-state index contributed by atoms with van der Waals surface area (Å²) in [6.07, 6.45) is 5.57. The van der Waals surface area contributed by atoms with Gasteiger partial charge in [-0.3, -0.25) is 10.1 Å². The second-order valence-corrected chi connectivity index (χ2v) is 5.89. The van der Waals surface area contributed by atoms with Gasteiger partial charge in [-0.25, -0.2) is 0 Å². The van der Waals surface area contributed by atoms with Crippen molar-refractivity contribution in [2.24, 2.45) is 5.41 Å². The van der Waals surface area contributed by atoms with Crippen molar-refractivity contribution >= 4 is 11.4 Å². The number of anilines is 1. The molecule has 1 fully saturated rings. The number of non-ortho nitro benzene ring substituents is 1. The lowest BCUT2D eigenvalue weighted by Crippen LogP contribution is -2.35. The maximum atomic E-state index is 10.9. The van der Waals surface area contributed by atoms with Crippen LogP contribution in [0.1, 0.15) is 37.7 Å². The Bertz CT molecular complexity index is 482. The summed E-state index contributed by atoms with van der Waals surface area (Å²) in [5.41, 5.74) is 1.66. The van der Waals surface area contributed by atoms with Gasteiger partial charge in [0.2, 0.25) is 0 Å². The number of nitro benzene ring substituents is 1. The van der Waals surface area contributed by atoms with Gasteiger partial charge in [0.05, 0.1) is 11.5 Å². The number of rotatable bonds is 5. The highest BCUT2D eigenvalue weighted by Gasteiger charge is 2.31. The van der Waals surface area contributed by atoms with Crippen LogP contribution in [-0.2, 0) is 0 Å². The number of nitrogens with one attached hydrogen (secondary N) is 1. The largest absolute Gasteiger partial charge is 0.396 e. The highest BCUT2D eigenvalue weighted by atomic mass is 16.6. The van der Waals surface area contributed by atoms with Crippen molar-refractivity contribution < 1.29 is 10.0 Å². The summed E-state index contributed by atoms with van der Waals surface area (Å²) in [7, 11) is 0. The normalized spacial score (nSPS) is 17.7. The Morgan fingerprint density at radius 1 is 1.30 bits per heavy atom.